The van der Waals surface area contributed by atoms with E-state index in [1.54, 1.807) is 60.7 Å². The Balaban J connectivity index is 1.40. The molecule has 0 saturated carbocycles. The molecule has 0 fully saturated rings. The average molecular weight is 568 g/mol. The number of carbonyl (C=O) groups is 3. The Morgan fingerprint density at radius 3 is 2.23 bits per heavy atom. The summed E-state index contributed by atoms with van der Waals surface area (Å²) < 4.78 is 0. The predicted octanol–water partition coefficient (Wildman–Crippen LogP) is 7.31. The molecule has 40 heavy (non-hydrogen) atoms. The molecule has 5 aromatic rings. The van der Waals surface area contributed by atoms with E-state index in [0.29, 0.717) is 27.3 Å². The van der Waals surface area contributed by atoms with Crippen LogP contribution in [0.1, 0.15) is 31.5 Å². The minimum absolute atomic E-state index is 0.0550. The van der Waals surface area contributed by atoms with Crippen LogP contribution in [0.25, 0.3) is 10.8 Å². The summed E-state index contributed by atoms with van der Waals surface area (Å²) in [6, 6.07) is 29.8. The third-order valence-corrected chi connectivity index (χ3v) is 7.52. The molecule has 0 saturated heterocycles. The number of amides is 2. The number of nitrogens with zero attached hydrogens (tertiary/aromatic N) is 1. The van der Waals surface area contributed by atoms with Crippen LogP contribution in [-0.2, 0) is 4.79 Å². The molecule has 0 spiro atoms. The average Bonchev–Trinajstić information content (AvgIpc) is 2.97. The van der Waals surface area contributed by atoms with E-state index < -0.39 is 17.1 Å². The van der Waals surface area contributed by atoms with Crippen molar-refractivity contribution in [2.24, 2.45) is 0 Å². The summed E-state index contributed by atoms with van der Waals surface area (Å²) in [4.78, 5) is 43.4. The number of carboxylic acid groups (broad SMARTS) is 1. The number of carbonyl (C=O) groups excluding carboxylic acids is 2. The number of hydrogen-bond donors (Lipinski definition) is 3. The van der Waals surface area contributed by atoms with Crippen molar-refractivity contribution < 1.29 is 19.5 Å². The quantitative estimate of drug-likeness (QED) is 0.170. The number of aromatic carboxylic acids is 1. The monoisotopic (exact) mass is 567 g/mol. The van der Waals surface area contributed by atoms with Crippen LogP contribution in [0.15, 0.2) is 114 Å². The fourth-order valence-corrected chi connectivity index (χ4v) is 5.43. The lowest BCUT2D eigenvalue weighted by molar-refractivity contribution is -0.115. The fourth-order valence-electron chi connectivity index (χ4n) is 4.23. The van der Waals surface area contributed by atoms with Crippen LogP contribution in [0.3, 0.4) is 0 Å². The zero-order valence-electron chi connectivity index (χ0n) is 20.9. The van der Waals surface area contributed by atoms with Gasteiger partial charge in [0.1, 0.15) is 11.1 Å². The molecule has 0 aliphatic rings. The Hall–Kier alpha value is -4.66. The van der Waals surface area contributed by atoms with Gasteiger partial charge in [0.2, 0.25) is 5.91 Å². The predicted molar refractivity (Wildman–Crippen MR) is 158 cm³/mol. The van der Waals surface area contributed by atoms with E-state index in [-0.39, 0.29) is 17.0 Å². The van der Waals surface area contributed by atoms with Crippen molar-refractivity contribution in [2.45, 2.75) is 10.1 Å². The minimum Gasteiger partial charge on any atom is -0.478 e. The van der Waals surface area contributed by atoms with E-state index in [1.165, 1.54) is 24.0 Å². The maximum absolute atomic E-state index is 13.3. The summed E-state index contributed by atoms with van der Waals surface area (Å²) in [6.45, 7) is 0. The Kier molecular flexibility index (Phi) is 8.10. The summed E-state index contributed by atoms with van der Waals surface area (Å²) in [5.74, 6) is -1.43. The molecule has 0 radical (unpaired) electrons. The number of hydrogen-bond acceptors (Lipinski definition) is 5. The van der Waals surface area contributed by atoms with Gasteiger partial charge in [-0.15, -0.1) is 11.8 Å². The number of thioether (sulfide) groups is 1. The highest BCUT2D eigenvalue weighted by Gasteiger charge is 2.23. The number of nitrogens with one attached hydrogen (secondary N) is 2. The summed E-state index contributed by atoms with van der Waals surface area (Å²) >= 11 is 7.24. The Morgan fingerprint density at radius 1 is 0.800 bits per heavy atom. The maximum atomic E-state index is 13.3. The van der Waals surface area contributed by atoms with Crippen LogP contribution in [0.5, 0.6) is 0 Å². The van der Waals surface area contributed by atoms with Crippen molar-refractivity contribution in [1.82, 2.24) is 4.98 Å². The van der Waals surface area contributed by atoms with Crippen molar-refractivity contribution in [3.05, 3.63) is 131 Å². The van der Waals surface area contributed by atoms with Crippen LogP contribution in [-0.4, -0.2) is 27.9 Å². The largest absolute Gasteiger partial charge is 0.478 e. The highest BCUT2D eigenvalue weighted by Crippen LogP contribution is 2.37. The lowest BCUT2D eigenvalue weighted by atomic mass is 9.98. The first-order chi connectivity index (χ1) is 19.4. The van der Waals surface area contributed by atoms with Gasteiger partial charge in [-0.2, -0.15) is 0 Å². The van der Waals surface area contributed by atoms with Gasteiger partial charge < -0.3 is 15.7 Å². The zero-order valence-corrected chi connectivity index (χ0v) is 22.4. The van der Waals surface area contributed by atoms with Crippen molar-refractivity contribution in [2.75, 3.05) is 10.6 Å². The van der Waals surface area contributed by atoms with Gasteiger partial charge in [-0.25, -0.2) is 9.78 Å². The summed E-state index contributed by atoms with van der Waals surface area (Å²) in [5, 5.41) is 16.3. The first kappa shape index (κ1) is 26.9. The number of fused-ring (bicyclic) bond motifs is 1. The molecule has 2 amide bonds. The van der Waals surface area contributed by atoms with E-state index >= 15 is 0 Å². The molecule has 1 atom stereocenters. The SMILES string of the molecule is O=C(O)c1cccc2cccc(C(=O)Nc3cccc(SC(C(=O)Nc4ccc(Cl)cn4)c4ccccc4)c3)c12. The Labute approximate surface area is 239 Å². The van der Waals surface area contributed by atoms with Crippen LogP contribution in [0.2, 0.25) is 5.02 Å². The van der Waals surface area contributed by atoms with E-state index in [9.17, 15) is 19.5 Å². The summed E-state index contributed by atoms with van der Waals surface area (Å²) in [5.41, 5.74) is 1.61. The second-order valence-electron chi connectivity index (χ2n) is 8.76. The van der Waals surface area contributed by atoms with Gasteiger partial charge in [0.25, 0.3) is 5.91 Å². The van der Waals surface area contributed by atoms with Crippen molar-refractivity contribution >= 4 is 63.4 Å². The van der Waals surface area contributed by atoms with Crippen LogP contribution >= 0.6 is 23.4 Å². The standard InChI is InChI=1S/C31H22ClN3O4S/c32-21-15-16-26(33-18-21)35-30(37)28(20-7-2-1-3-8-20)40-23-12-6-11-22(17-23)34-29(36)24-13-4-9-19-10-5-14-25(27(19)24)31(38)39/h1-18,28H,(H,34,36)(H,38,39)(H,33,35,37). The molecule has 1 unspecified atom stereocenters. The number of aromatic nitrogens is 1. The van der Waals surface area contributed by atoms with Gasteiger partial charge in [0.05, 0.1) is 10.6 Å². The second-order valence-corrected chi connectivity index (χ2v) is 10.4. The van der Waals surface area contributed by atoms with E-state index in [2.05, 4.69) is 15.6 Å². The molecular weight excluding hydrogens is 546 g/mol. The lowest BCUT2D eigenvalue weighted by Gasteiger charge is -2.17. The van der Waals surface area contributed by atoms with Crippen molar-refractivity contribution in [1.29, 1.82) is 0 Å². The van der Waals surface area contributed by atoms with Crippen LogP contribution in [0, 0.1) is 0 Å². The van der Waals surface area contributed by atoms with E-state index in [4.69, 9.17) is 11.6 Å². The molecule has 5 rings (SSSR count). The second kappa shape index (κ2) is 12.0. The fraction of sp³-hybridized carbons (Fsp3) is 0.0323. The number of pyridine rings is 1. The Bertz CT molecular complexity index is 1710. The molecule has 7 nitrogen and oxygen atoms in total. The number of halogens is 1. The van der Waals surface area contributed by atoms with Crippen LogP contribution in [0.4, 0.5) is 11.5 Å². The van der Waals surface area contributed by atoms with Gasteiger partial charge >= 0.3 is 5.97 Å². The normalized spacial score (nSPS) is 11.5. The topological polar surface area (TPSA) is 108 Å². The van der Waals surface area contributed by atoms with E-state index in [1.807, 2.05) is 36.4 Å². The maximum Gasteiger partial charge on any atom is 0.336 e. The van der Waals surface area contributed by atoms with Gasteiger partial charge in [0.15, 0.2) is 0 Å². The molecule has 0 aliphatic carbocycles. The molecule has 1 heterocycles. The van der Waals surface area contributed by atoms with Gasteiger partial charge in [-0.3, -0.25) is 9.59 Å². The first-order valence-electron chi connectivity index (χ1n) is 12.2. The van der Waals surface area contributed by atoms with Gasteiger partial charge in [-0.1, -0.05) is 72.3 Å². The summed E-state index contributed by atoms with van der Waals surface area (Å²) in [7, 11) is 0. The van der Waals surface area contributed by atoms with E-state index in [0.717, 1.165) is 10.5 Å². The number of rotatable bonds is 8. The lowest BCUT2D eigenvalue weighted by Crippen LogP contribution is -2.19. The Morgan fingerprint density at radius 2 is 1.52 bits per heavy atom. The van der Waals surface area contributed by atoms with Crippen molar-refractivity contribution in [3.8, 4) is 0 Å². The number of carboxylic acids is 1. The molecule has 1 aromatic heterocycles. The molecule has 0 aliphatic heterocycles. The zero-order chi connectivity index (χ0) is 28.1. The smallest absolute Gasteiger partial charge is 0.336 e. The summed E-state index contributed by atoms with van der Waals surface area (Å²) in [6.07, 6.45) is 1.46. The molecule has 4 aromatic carbocycles. The van der Waals surface area contributed by atoms with Gasteiger partial charge in [0, 0.05) is 27.7 Å². The number of benzene rings is 4. The van der Waals surface area contributed by atoms with Crippen LogP contribution < -0.4 is 10.6 Å². The molecule has 3 N–H and O–H groups in total. The third kappa shape index (κ3) is 6.14. The molecule has 9 heteroatoms. The minimum atomic E-state index is -1.11. The third-order valence-electron chi connectivity index (χ3n) is 6.04. The molecule has 198 valence electrons. The van der Waals surface area contributed by atoms with Crippen molar-refractivity contribution in [3.63, 3.8) is 0 Å². The molecular formula is C31H22ClN3O4S. The molecule has 0 bridgehead atoms. The highest BCUT2D eigenvalue weighted by molar-refractivity contribution is 8.00. The first-order valence-corrected chi connectivity index (χ1v) is 13.5. The highest BCUT2D eigenvalue weighted by atomic mass is 35.5. The number of anilines is 2. The van der Waals surface area contributed by atoms with Gasteiger partial charge in [-0.05, 0) is 53.4 Å².